The van der Waals surface area contributed by atoms with Crippen molar-refractivity contribution in [1.82, 2.24) is 4.98 Å². The van der Waals surface area contributed by atoms with Gasteiger partial charge in [0.2, 0.25) is 0 Å². The van der Waals surface area contributed by atoms with Crippen molar-refractivity contribution >= 4 is 17.2 Å². The van der Waals surface area contributed by atoms with Gasteiger partial charge in [0.1, 0.15) is 17.3 Å². The number of anilines is 2. The first-order valence-corrected chi connectivity index (χ1v) is 4.72. The minimum atomic E-state index is -0.292. The van der Waals surface area contributed by atoms with E-state index in [9.17, 15) is 9.60 Å². The summed E-state index contributed by atoms with van der Waals surface area (Å²) in [6.07, 6.45) is 1.54. The van der Waals surface area contributed by atoms with E-state index in [0.29, 0.717) is 11.5 Å². The molecule has 1 aromatic carbocycles. The average molecular weight is 219 g/mol. The molecule has 0 bridgehead atoms. The highest BCUT2D eigenvalue weighted by atomic mass is 19.1. The van der Waals surface area contributed by atoms with Gasteiger partial charge in [-0.1, -0.05) is 0 Å². The zero-order chi connectivity index (χ0) is 11.4. The van der Waals surface area contributed by atoms with Crippen molar-refractivity contribution in [1.29, 1.82) is 0 Å². The molecule has 0 unspecified atom stereocenters. The Morgan fingerprint density at radius 2 is 1.94 bits per heavy atom. The molecule has 0 amide bonds. The number of aromatic nitrogens is 1. The van der Waals surface area contributed by atoms with Crippen molar-refractivity contribution in [3.05, 3.63) is 53.6 Å². The van der Waals surface area contributed by atoms with Crippen molar-refractivity contribution in [2.45, 2.75) is 0 Å². The molecule has 0 aliphatic heterocycles. The predicted octanol–water partition coefficient (Wildman–Crippen LogP) is 1.66. The Hall–Kier alpha value is -1.98. The molecule has 2 rings (SSSR count). The number of nitrogens with two attached hydrogens (primary N) is 1. The SMILES string of the molecule is [O-][NH2+]c1ccnc(Nc2ccc(F)cc2)c1. The highest BCUT2D eigenvalue weighted by Crippen LogP contribution is 2.15. The summed E-state index contributed by atoms with van der Waals surface area (Å²) >= 11 is 0. The molecule has 4 nitrogen and oxygen atoms in total. The summed E-state index contributed by atoms with van der Waals surface area (Å²) in [5.41, 5.74) is 2.01. The van der Waals surface area contributed by atoms with Gasteiger partial charge >= 0.3 is 0 Å². The Morgan fingerprint density at radius 3 is 2.62 bits per heavy atom. The van der Waals surface area contributed by atoms with Gasteiger partial charge in [-0.15, -0.1) is 0 Å². The standard InChI is InChI=1S/C11H10FN3O/c12-8-1-3-9(4-2-8)14-11-7-10(15-16)5-6-13-11/h1-7H,15H2,(H,13,14). The third-order valence-electron chi connectivity index (χ3n) is 2.04. The summed E-state index contributed by atoms with van der Waals surface area (Å²) in [6, 6.07) is 9.15. The van der Waals surface area contributed by atoms with Crippen LogP contribution in [0.3, 0.4) is 0 Å². The zero-order valence-electron chi connectivity index (χ0n) is 8.35. The van der Waals surface area contributed by atoms with Gasteiger partial charge in [0.25, 0.3) is 0 Å². The molecule has 0 saturated heterocycles. The lowest BCUT2D eigenvalue weighted by atomic mass is 10.3. The van der Waals surface area contributed by atoms with Crippen LogP contribution in [0.25, 0.3) is 0 Å². The lowest BCUT2D eigenvalue weighted by molar-refractivity contribution is -0.497. The highest BCUT2D eigenvalue weighted by Gasteiger charge is 1.98. The van der Waals surface area contributed by atoms with Crippen LogP contribution in [0.4, 0.5) is 21.6 Å². The normalized spacial score (nSPS) is 10.1. The van der Waals surface area contributed by atoms with Crippen molar-refractivity contribution < 1.29 is 9.87 Å². The lowest BCUT2D eigenvalue weighted by Gasteiger charge is -2.06. The highest BCUT2D eigenvalue weighted by molar-refractivity contribution is 5.57. The van der Waals surface area contributed by atoms with Crippen molar-refractivity contribution in [2.75, 3.05) is 5.32 Å². The van der Waals surface area contributed by atoms with Gasteiger partial charge in [0.15, 0.2) is 0 Å². The number of nitrogens with zero attached hydrogens (tertiary/aromatic N) is 1. The Labute approximate surface area is 91.7 Å². The maximum atomic E-state index is 12.7. The zero-order valence-corrected chi connectivity index (χ0v) is 8.35. The Morgan fingerprint density at radius 1 is 1.19 bits per heavy atom. The monoisotopic (exact) mass is 219 g/mol. The van der Waals surface area contributed by atoms with Crippen LogP contribution in [0.1, 0.15) is 0 Å². The lowest BCUT2D eigenvalue weighted by Crippen LogP contribution is -2.70. The van der Waals surface area contributed by atoms with E-state index in [4.69, 9.17) is 0 Å². The van der Waals surface area contributed by atoms with Crippen molar-refractivity contribution in [3.8, 4) is 0 Å². The number of benzene rings is 1. The molecule has 3 N–H and O–H groups in total. The van der Waals surface area contributed by atoms with Gasteiger partial charge < -0.3 is 16.0 Å². The number of nitrogens with one attached hydrogen (secondary N) is 1. The molecule has 2 aromatic rings. The van der Waals surface area contributed by atoms with E-state index in [2.05, 4.69) is 10.3 Å². The van der Waals surface area contributed by atoms with Crippen LogP contribution in [0.15, 0.2) is 42.6 Å². The smallest absolute Gasteiger partial charge is 0.136 e. The van der Waals surface area contributed by atoms with Gasteiger partial charge in [-0.2, -0.15) is 0 Å². The van der Waals surface area contributed by atoms with Crippen LogP contribution in [0.5, 0.6) is 0 Å². The van der Waals surface area contributed by atoms with E-state index in [1.165, 1.54) is 18.3 Å². The number of hydrogen-bond acceptors (Lipinski definition) is 3. The number of rotatable bonds is 3. The maximum Gasteiger partial charge on any atom is 0.136 e. The van der Waals surface area contributed by atoms with E-state index >= 15 is 0 Å². The van der Waals surface area contributed by atoms with E-state index in [-0.39, 0.29) is 5.82 Å². The Kier molecular flexibility index (Phi) is 3.09. The molecule has 5 heteroatoms. The maximum absolute atomic E-state index is 12.7. The fourth-order valence-corrected chi connectivity index (χ4v) is 1.27. The predicted molar refractivity (Wildman–Crippen MR) is 58.9 cm³/mol. The summed E-state index contributed by atoms with van der Waals surface area (Å²) in [4.78, 5) is 4.04. The molecule has 0 fully saturated rings. The summed E-state index contributed by atoms with van der Waals surface area (Å²) in [5.74, 6) is 0.261. The molecule has 0 radical (unpaired) electrons. The number of quaternary nitrogens is 1. The second-order valence-electron chi connectivity index (χ2n) is 3.22. The van der Waals surface area contributed by atoms with Crippen molar-refractivity contribution in [3.63, 3.8) is 0 Å². The Balaban J connectivity index is 2.16. The minimum absolute atomic E-state index is 0.292. The molecule has 0 atom stereocenters. The first-order valence-electron chi connectivity index (χ1n) is 4.72. The third kappa shape index (κ3) is 2.53. The van der Waals surface area contributed by atoms with Gasteiger partial charge in [-0.05, 0) is 24.3 Å². The quantitative estimate of drug-likeness (QED) is 0.771. The first kappa shape index (κ1) is 10.5. The molecule has 1 heterocycles. The van der Waals surface area contributed by atoms with E-state index < -0.39 is 0 Å². The van der Waals surface area contributed by atoms with Crippen LogP contribution in [0.2, 0.25) is 0 Å². The largest absolute Gasteiger partial charge is 0.630 e. The first-order chi connectivity index (χ1) is 7.78. The minimum Gasteiger partial charge on any atom is -0.630 e. The fraction of sp³-hybridized carbons (Fsp3) is 0. The number of hydrogen-bond donors (Lipinski definition) is 2. The third-order valence-corrected chi connectivity index (χ3v) is 2.04. The van der Waals surface area contributed by atoms with E-state index in [0.717, 1.165) is 11.2 Å². The van der Waals surface area contributed by atoms with Crippen LogP contribution in [-0.2, 0) is 0 Å². The summed E-state index contributed by atoms with van der Waals surface area (Å²) in [5, 5.41) is 13.5. The van der Waals surface area contributed by atoms with Crippen LogP contribution < -0.4 is 10.8 Å². The average Bonchev–Trinajstić information content (AvgIpc) is 2.32. The summed E-state index contributed by atoms with van der Waals surface area (Å²) in [6.45, 7) is 0. The van der Waals surface area contributed by atoms with Gasteiger partial charge in [0.05, 0.1) is 0 Å². The second kappa shape index (κ2) is 4.69. The number of halogens is 1. The molecule has 0 saturated carbocycles. The van der Waals surface area contributed by atoms with Crippen LogP contribution in [0, 0.1) is 11.0 Å². The Bertz CT molecular complexity index is 473. The molecular formula is C11H10FN3O. The number of pyridine rings is 1. The molecule has 82 valence electrons. The molecule has 0 aliphatic rings. The molecule has 16 heavy (non-hydrogen) atoms. The van der Waals surface area contributed by atoms with Gasteiger partial charge in [-0.3, -0.25) is 0 Å². The fourth-order valence-electron chi connectivity index (χ4n) is 1.27. The van der Waals surface area contributed by atoms with Crippen LogP contribution in [-0.4, -0.2) is 4.98 Å². The molecule has 1 aromatic heterocycles. The van der Waals surface area contributed by atoms with Gasteiger partial charge in [0, 0.05) is 24.0 Å². The van der Waals surface area contributed by atoms with Crippen molar-refractivity contribution in [2.24, 2.45) is 0 Å². The summed E-state index contributed by atoms with van der Waals surface area (Å²) < 4.78 is 12.7. The molecule has 0 spiro atoms. The van der Waals surface area contributed by atoms with Gasteiger partial charge in [-0.25, -0.2) is 9.37 Å². The van der Waals surface area contributed by atoms with E-state index in [1.54, 1.807) is 24.3 Å². The van der Waals surface area contributed by atoms with E-state index in [1.807, 2.05) is 0 Å². The topological polar surface area (TPSA) is 64.6 Å². The van der Waals surface area contributed by atoms with Crippen LogP contribution >= 0.6 is 0 Å². The second-order valence-corrected chi connectivity index (χ2v) is 3.22. The molecular weight excluding hydrogens is 209 g/mol. The molecule has 0 aliphatic carbocycles. The summed E-state index contributed by atoms with van der Waals surface area (Å²) in [7, 11) is 0.